The van der Waals surface area contributed by atoms with Gasteiger partial charge in [-0.05, 0) is 69.4 Å². The molecule has 1 atom stereocenters. The molecule has 3 saturated heterocycles. The average Bonchev–Trinajstić information content (AvgIpc) is 3.39. The topological polar surface area (TPSA) is 72.8 Å². The maximum Gasteiger partial charge on any atom is 0.407 e. The fourth-order valence-corrected chi connectivity index (χ4v) is 6.76. The molecule has 1 aliphatic carbocycles. The SMILES string of the molecule is O=C(O)N1CCC2(CC(N3CCC([C@@H]4CCCN4c4nncs4)CC3)C2)C1. The summed E-state index contributed by atoms with van der Waals surface area (Å²) in [6.07, 6.45) is 7.84. The van der Waals surface area contributed by atoms with E-state index in [-0.39, 0.29) is 0 Å². The molecule has 148 valence electrons. The predicted octanol–water partition coefficient (Wildman–Crippen LogP) is 2.75. The average molecular weight is 392 g/mol. The summed E-state index contributed by atoms with van der Waals surface area (Å²) in [5, 5.41) is 18.6. The Balaban J connectivity index is 1.13. The fourth-order valence-electron chi connectivity index (χ4n) is 6.11. The Labute approximate surface area is 164 Å². The molecule has 0 radical (unpaired) electrons. The van der Waals surface area contributed by atoms with E-state index in [9.17, 15) is 9.90 Å². The molecule has 7 nitrogen and oxygen atoms in total. The molecule has 4 aliphatic rings. The van der Waals surface area contributed by atoms with Crippen LogP contribution >= 0.6 is 11.3 Å². The summed E-state index contributed by atoms with van der Waals surface area (Å²) in [5.41, 5.74) is 2.13. The number of nitrogens with zero attached hydrogens (tertiary/aromatic N) is 5. The van der Waals surface area contributed by atoms with E-state index in [0.29, 0.717) is 17.5 Å². The molecule has 4 fully saturated rings. The second kappa shape index (κ2) is 6.88. The molecule has 5 rings (SSSR count). The highest BCUT2D eigenvalue weighted by Crippen LogP contribution is 2.50. The number of rotatable bonds is 3. The highest BCUT2D eigenvalue weighted by Gasteiger charge is 2.51. The number of hydrogen-bond acceptors (Lipinski definition) is 6. The quantitative estimate of drug-likeness (QED) is 0.854. The zero-order valence-electron chi connectivity index (χ0n) is 15.8. The summed E-state index contributed by atoms with van der Waals surface area (Å²) in [6.45, 7) is 5.02. The standard InChI is InChI=1S/C19H29N5O2S/c25-18(26)23-9-5-19(12-23)10-15(11-19)22-7-3-14(4-8-22)16-2-1-6-24(16)17-21-20-13-27-17/h13-16H,1-12H2,(H,25,26)/t15?,16-,19?/m0/s1. The fraction of sp³-hybridized carbons (Fsp3) is 0.842. The number of likely N-dealkylation sites (tertiary alicyclic amines) is 2. The van der Waals surface area contributed by atoms with Crippen LogP contribution in [0.15, 0.2) is 5.51 Å². The number of carboxylic acid groups (broad SMARTS) is 1. The predicted molar refractivity (Wildman–Crippen MR) is 104 cm³/mol. The number of piperidine rings is 1. The van der Waals surface area contributed by atoms with Gasteiger partial charge in [-0.25, -0.2) is 4.79 Å². The van der Waals surface area contributed by atoms with Crippen LogP contribution in [0.3, 0.4) is 0 Å². The van der Waals surface area contributed by atoms with Gasteiger partial charge < -0.3 is 19.8 Å². The molecular formula is C19H29N5O2S. The third kappa shape index (κ3) is 3.20. The minimum Gasteiger partial charge on any atom is -0.465 e. The Morgan fingerprint density at radius 1 is 1.19 bits per heavy atom. The third-order valence-electron chi connectivity index (χ3n) is 7.57. The molecule has 4 heterocycles. The van der Waals surface area contributed by atoms with Crippen molar-refractivity contribution in [2.24, 2.45) is 11.3 Å². The summed E-state index contributed by atoms with van der Waals surface area (Å²) in [7, 11) is 0. The Morgan fingerprint density at radius 3 is 2.67 bits per heavy atom. The van der Waals surface area contributed by atoms with E-state index in [1.807, 2.05) is 5.51 Å². The second-order valence-electron chi connectivity index (χ2n) is 9.01. The monoisotopic (exact) mass is 391 g/mol. The van der Waals surface area contributed by atoms with Crippen molar-refractivity contribution < 1.29 is 9.90 Å². The lowest BCUT2D eigenvalue weighted by atomic mass is 9.64. The molecule has 0 bridgehead atoms. The molecule has 8 heteroatoms. The highest BCUT2D eigenvalue weighted by molar-refractivity contribution is 7.13. The van der Waals surface area contributed by atoms with Crippen molar-refractivity contribution >= 4 is 22.6 Å². The van der Waals surface area contributed by atoms with E-state index >= 15 is 0 Å². The molecule has 0 aromatic carbocycles. The van der Waals surface area contributed by atoms with Gasteiger partial charge in [0.25, 0.3) is 0 Å². The summed E-state index contributed by atoms with van der Waals surface area (Å²) >= 11 is 1.67. The van der Waals surface area contributed by atoms with Crippen molar-refractivity contribution in [1.82, 2.24) is 20.0 Å². The normalized spacial score (nSPS) is 35.1. The number of carbonyl (C=O) groups is 1. The van der Waals surface area contributed by atoms with E-state index in [1.54, 1.807) is 16.2 Å². The third-order valence-corrected chi connectivity index (χ3v) is 8.30. The molecule has 27 heavy (non-hydrogen) atoms. The van der Waals surface area contributed by atoms with Gasteiger partial charge in [-0.1, -0.05) is 11.3 Å². The minimum atomic E-state index is -0.743. The van der Waals surface area contributed by atoms with Gasteiger partial charge in [0.15, 0.2) is 0 Å². The van der Waals surface area contributed by atoms with Crippen LogP contribution in [0.25, 0.3) is 0 Å². The molecule has 1 saturated carbocycles. The van der Waals surface area contributed by atoms with E-state index in [4.69, 9.17) is 0 Å². The Kier molecular flexibility index (Phi) is 4.50. The van der Waals surface area contributed by atoms with E-state index in [0.717, 1.165) is 37.1 Å². The van der Waals surface area contributed by atoms with Crippen LogP contribution < -0.4 is 4.90 Å². The van der Waals surface area contributed by atoms with Crippen LogP contribution in [0.5, 0.6) is 0 Å². The number of hydrogen-bond donors (Lipinski definition) is 1. The van der Waals surface area contributed by atoms with Gasteiger partial charge in [0.1, 0.15) is 5.51 Å². The van der Waals surface area contributed by atoms with Crippen molar-refractivity contribution in [3.63, 3.8) is 0 Å². The number of anilines is 1. The first-order valence-electron chi connectivity index (χ1n) is 10.4. The maximum absolute atomic E-state index is 11.2. The summed E-state index contributed by atoms with van der Waals surface area (Å²) in [6, 6.07) is 1.33. The Morgan fingerprint density at radius 2 is 2.00 bits per heavy atom. The number of aromatic nitrogens is 2. The molecule has 3 aliphatic heterocycles. The van der Waals surface area contributed by atoms with E-state index < -0.39 is 6.09 Å². The van der Waals surface area contributed by atoms with Crippen LogP contribution in [0.1, 0.15) is 44.9 Å². The summed E-state index contributed by atoms with van der Waals surface area (Å²) < 4.78 is 0. The lowest BCUT2D eigenvalue weighted by Crippen LogP contribution is -2.55. The molecular weight excluding hydrogens is 362 g/mol. The van der Waals surface area contributed by atoms with Crippen molar-refractivity contribution in [2.75, 3.05) is 37.6 Å². The van der Waals surface area contributed by atoms with Gasteiger partial charge in [-0.2, -0.15) is 0 Å². The smallest absolute Gasteiger partial charge is 0.407 e. The van der Waals surface area contributed by atoms with Gasteiger partial charge in [0.05, 0.1) is 0 Å². The van der Waals surface area contributed by atoms with E-state index in [2.05, 4.69) is 20.0 Å². The van der Waals surface area contributed by atoms with Crippen molar-refractivity contribution in [3.05, 3.63) is 5.51 Å². The van der Waals surface area contributed by atoms with Gasteiger partial charge in [0.2, 0.25) is 5.13 Å². The molecule has 0 unspecified atom stereocenters. The number of amides is 1. The minimum absolute atomic E-state index is 0.292. The zero-order chi connectivity index (χ0) is 18.4. The first kappa shape index (κ1) is 17.7. The molecule has 1 spiro atoms. The van der Waals surface area contributed by atoms with Crippen LogP contribution in [0.2, 0.25) is 0 Å². The van der Waals surface area contributed by atoms with Crippen LogP contribution in [0, 0.1) is 11.3 Å². The first-order valence-corrected chi connectivity index (χ1v) is 11.3. The maximum atomic E-state index is 11.2. The van der Waals surface area contributed by atoms with Crippen molar-refractivity contribution in [1.29, 1.82) is 0 Å². The molecule has 1 N–H and O–H groups in total. The Bertz CT molecular complexity index is 670. The van der Waals surface area contributed by atoms with Gasteiger partial charge >= 0.3 is 6.09 Å². The van der Waals surface area contributed by atoms with Gasteiger partial charge in [-0.3, -0.25) is 0 Å². The van der Waals surface area contributed by atoms with Crippen LogP contribution in [-0.2, 0) is 0 Å². The molecule has 1 aromatic heterocycles. The lowest BCUT2D eigenvalue weighted by Gasteiger charge is -2.52. The highest BCUT2D eigenvalue weighted by atomic mass is 32.1. The zero-order valence-corrected chi connectivity index (χ0v) is 16.6. The first-order chi connectivity index (χ1) is 13.1. The van der Waals surface area contributed by atoms with Crippen molar-refractivity contribution in [2.45, 2.75) is 57.0 Å². The van der Waals surface area contributed by atoms with E-state index in [1.165, 1.54) is 51.6 Å². The van der Waals surface area contributed by atoms with Crippen LogP contribution in [0.4, 0.5) is 9.93 Å². The summed E-state index contributed by atoms with van der Waals surface area (Å²) in [5.74, 6) is 0.774. The van der Waals surface area contributed by atoms with Crippen LogP contribution in [-0.4, -0.2) is 76.0 Å². The van der Waals surface area contributed by atoms with Gasteiger partial charge in [0, 0.05) is 31.7 Å². The largest absolute Gasteiger partial charge is 0.465 e. The lowest BCUT2D eigenvalue weighted by molar-refractivity contribution is -0.0102. The summed E-state index contributed by atoms with van der Waals surface area (Å²) in [4.78, 5) is 18.0. The molecule has 1 aromatic rings. The van der Waals surface area contributed by atoms with Crippen molar-refractivity contribution in [3.8, 4) is 0 Å². The Hall–Kier alpha value is -1.41. The molecule has 1 amide bonds. The second-order valence-corrected chi connectivity index (χ2v) is 9.83. The van der Waals surface area contributed by atoms with Gasteiger partial charge in [-0.15, -0.1) is 10.2 Å².